The van der Waals surface area contributed by atoms with Crippen molar-refractivity contribution in [3.63, 3.8) is 0 Å². The van der Waals surface area contributed by atoms with E-state index in [0.717, 1.165) is 26.1 Å². The molecule has 4 rings (SSSR count). The number of imide groups is 2. The van der Waals surface area contributed by atoms with Gasteiger partial charge in [-0.05, 0) is 53.5 Å². The molecule has 0 radical (unpaired) electrons. The number of hydrogen-bond donors (Lipinski definition) is 1. The number of barbiturate groups is 1. The van der Waals surface area contributed by atoms with Gasteiger partial charge in [-0.2, -0.15) is 0 Å². The van der Waals surface area contributed by atoms with Gasteiger partial charge in [-0.25, -0.2) is 9.69 Å². The van der Waals surface area contributed by atoms with E-state index >= 15 is 0 Å². The number of nitrogens with zero attached hydrogens (tertiary/aromatic N) is 1. The molecule has 0 bridgehead atoms. The molecule has 0 atom stereocenters. The summed E-state index contributed by atoms with van der Waals surface area (Å²) in [5.74, 6) is -1.38. The SMILES string of the molecule is Cc1ccccc1N1C(=O)NC(=O)/C(=C\c2ccc(Cc3ccccc3Cl)c(Br)c2)C1=O. The van der Waals surface area contributed by atoms with E-state index in [9.17, 15) is 14.4 Å². The monoisotopic (exact) mass is 508 g/mol. The number of benzene rings is 3. The molecule has 1 fully saturated rings. The molecule has 3 aromatic carbocycles. The number of rotatable bonds is 4. The summed E-state index contributed by atoms with van der Waals surface area (Å²) in [4.78, 5) is 38.9. The molecule has 0 aromatic heterocycles. The van der Waals surface area contributed by atoms with E-state index in [2.05, 4.69) is 21.2 Å². The van der Waals surface area contributed by atoms with Crippen molar-refractivity contribution in [2.24, 2.45) is 0 Å². The number of urea groups is 1. The Balaban J connectivity index is 1.65. The van der Waals surface area contributed by atoms with Crippen molar-refractivity contribution in [2.75, 3.05) is 4.90 Å². The highest BCUT2D eigenvalue weighted by Crippen LogP contribution is 2.28. The first-order valence-electron chi connectivity index (χ1n) is 9.84. The maximum Gasteiger partial charge on any atom is 0.335 e. The smallest absolute Gasteiger partial charge is 0.273 e. The molecular weight excluding hydrogens is 492 g/mol. The van der Waals surface area contributed by atoms with Gasteiger partial charge in [-0.3, -0.25) is 14.9 Å². The molecule has 1 aliphatic rings. The first-order chi connectivity index (χ1) is 15.3. The summed E-state index contributed by atoms with van der Waals surface area (Å²) in [7, 11) is 0. The second kappa shape index (κ2) is 9.10. The molecule has 0 saturated carbocycles. The van der Waals surface area contributed by atoms with Gasteiger partial charge < -0.3 is 0 Å². The molecule has 0 unspecified atom stereocenters. The van der Waals surface area contributed by atoms with Crippen molar-refractivity contribution in [3.8, 4) is 0 Å². The summed E-state index contributed by atoms with van der Waals surface area (Å²) in [5, 5.41) is 2.94. The lowest BCUT2D eigenvalue weighted by atomic mass is 10.0. The fraction of sp³-hybridized carbons (Fsp3) is 0.0800. The number of carbonyl (C=O) groups is 3. The molecule has 3 aromatic rings. The molecule has 7 heteroatoms. The van der Waals surface area contributed by atoms with Crippen LogP contribution in [-0.4, -0.2) is 17.8 Å². The average Bonchev–Trinajstić information content (AvgIpc) is 2.75. The molecule has 1 aliphatic heterocycles. The fourth-order valence-electron chi connectivity index (χ4n) is 3.50. The predicted octanol–water partition coefficient (Wildman–Crippen LogP) is 5.67. The quantitative estimate of drug-likeness (QED) is 0.364. The molecule has 5 nitrogen and oxygen atoms in total. The minimum absolute atomic E-state index is 0.112. The highest BCUT2D eigenvalue weighted by Gasteiger charge is 2.37. The van der Waals surface area contributed by atoms with Gasteiger partial charge in [0.05, 0.1) is 5.69 Å². The summed E-state index contributed by atoms with van der Waals surface area (Å²) in [6, 6.07) is 19.4. The Morgan fingerprint density at radius 1 is 0.969 bits per heavy atom. The Bertz CT molecular complexity index is 1290. The zero-order valence-electron chi connectivity index (χ0n) is 17.1. The second-order valence-electron chi connectivity index (χ2n) is 7.36. The standard InChI is InChI=1S/C25H18BrClN2O3/c1-15-6-2-5-9-22(15)29-24(31)19(23(30)28-25(29)32)12-16-10-11-17(20(26)13-16)14-18-7-3-4-8-21(18)27/h2-13H,14H2,1H3,(H,28,30,32)/b19-12+. The number of halogens is 2. The Morgan fingerprint density at radius 2 is 1.69 bits per heavy atom. The first-order valence-corrected chi connectivity index (χ1v) is 11.0. The van der Waals surface area contributed by atoms with Crippen molar-refractivity contribution < 1.29 is 14.4 Å². The molecule has 1 saturated heterocycles. The van der Waals surface area contributed by atoms with Crippen LogP contribution >= 0.6 is 27.5 Å². The van der Waals surface area contributed by atoms with E-state index < -0.39 is 17.8 Å². The van der Waals surface area contributed by atoms with Crippen LogP contribution in [0.1, 0.15) is 22.3 Å². The summed E-state index contributed by atoms with van der Waals surface area (Å²) >= 11 is 9.84. The minimum Gasteiger partial charge on any atom is -0.273 e. The lowest BCUT2D eigenvalue weighted by Gasteiger charge is -2.27. The van der Waals surface area contributed by atoms with Gasteiger partial charge in [0.2, 0.25) is 0 Å². The summed E-state index contributed by atoms with van der Waals surface area (Å²) in [5.41, 5.74) is 3.73. The van der Waals surface area contributed by atoms with Crippen LogP contribution in [0.2, 0.25) is 5.02 Å². The van der Waals surface area contributed by atoms with Crippen molar-refractivity contribution in [1.82, 2.24) is 5.32 Å². The number of carbonyl (C=O) groups excluding carboxylic acids is 3. The van der Waals surface area contributed by atoms with Gasteiger partial charge in [0.1, 0.15) is 5.57 Å². The topological polar surface area (TPSA) is 66.5 Å². The highest BCUT2D eigenvalue weighted by atomic mass is 79.9. The van der Waals surface area contributed by atoms with Crippen LogP contribution in [-0.2, 0) is 16.0 Å². The number of anilines is 1. The summed E-state index contributed by atoms with van der Waals surface area (Å²) < 4.78 is 0.822. The molecule has 1 N–H and O–H groups in total. The van der Waals surface area contributed by atoms with Crippen LogP contribution in [0.25, 0.3) is 6.08 Å². The van der Waals surface area contributed by atoms with Crippen LogP contribution in [0.3, 0.4) is 0 Å². The van der Waals surface area contributed by atoms with E-state index in [1.807, 2.05) is 48.5 Å². The lowest BCUT2D eigenvalue weighted by Crippen LogP contribution is -2.54. The van der Waals surface area contributed by atoms with Gasteiger partial charge in [0.15, 0.2) is 0 Å². The van der Waals surface area contributed by atoms with Crippen molar-refractivity contribution in [1.29, 1.82) is 0 Å². The number of hydrogen-bond acceptors (Lipinski definition) is 3. The van der Waals surface area contributed by atoms with Crippen LogP contribution in [0.4, 0.5) is 10.5 Å². The maximum absolute atomic E-state index is 13.1. The van der Waals surface area contributed by atoms with Gasteiger partial charge in [-0.1, -0.05) is 76.1 Å². The molecule has 0 aliphatic carbocycles. The Labute approximate surface area is 198 Å². The van der Waals surface area contributed by atoms with E-state index in [-0.39, 0.29) is 5.57 Å². The summed E-state index contributed by atoms with van der Waals surface area (Å²) in [6.45, 7) is 1.80. The molecule has 4 amide bonds. The van der Waals surface area contributed by atoms with Crippen molar-refractivity contribution in [2.45, 2.75) is 13.3 Å². The Kier molecular flexibility index (Phi) is 6.26. The molecule has 1 heterocycles. The first kappa shape index (κ1) is 22.0. The van der Waals surface area contributed by atoms with Crippen LogP contribution in [0.15, 0.2) is 76.8 Å². The van der Waals surface area contributed by atoms with Crippen molar-refractivity contribution in [3.05, 3.63) is 104 Å². The van der Waals surface area contributed by atoms with Crippen LogP contribution in [0, 0.1) is 6.92 Å². The Hall–Kier alpha value is -3.22. The van der Waals surface area contributed by atoms with Crippen molar-refractivity contribution >= 4 is 57.1 Å². The van der Waals surface area contributed by atoms with E-state index in [4.69, 9.17) is 11.6 Å². The van der Waals surface area contributed by atoms with Gasteiger partial charge in [-0.15, -0.1) is 0 Å². The van der Waals surface area contributed by atoms with Gasteiger partial charge >= 0.3 is 6.03 Å². The van der Waals surface area contributed by atoms with E-state index in [0.29, 0.717) is 22.7 Å². The fourth-order valence-corrected chi connectivity index (χ4v) is 4.24. The van der Waals surface area contributed by atoms with Gasteiger partial charge in [0.25, 0.3) is 11.8 Å². The average molecular weight is 510 g/mol. The van der Waals surface area contributed by atoms with E-state index in [1.54, 1.807) is 25.1 Å². The molecule has 160 valence electrons. The third kappa shape index (κ3) is 4.38. The van der Waals surface area contributed by atoms with Crippen LogP contribution in [0.5, 0.6) is 0 Å². The molecule has 0 spiro atoms. The minimum atomic E-state index is -0.761. The molecule has 32 heavy (non-hydrogen) atoms. The summed E-state index contributed by atoms with van der Waals surface area (Å²) in [6.07, 6.45) is 2.12. The third-order valence-corrected chi connectivity index (χ3v) is 6.29. The lowest BCUT2D eigenvalue weighted by molar-refractivity contribution is -0.122. The Morgan fingerprint density at radius 3 is 2.41 bits per heavy atom. The third-order valence-electron chi connectivity index (χ3n) is 5.18. The zero-order valence-corrected chi connectivity index (χ0v) is 19.4. The number of para-hydroxylation sites is 1. The normalized spacial score (nSPS) is 15.3. The number of aryl methyl sites for hydroxylation is 1. The predicted molar refractivity (Wildman–Crippen MR) is 129 cm³/mol. The van der Waals surface area contributed by atoms with Crippen LogP contribution < -0.4 is 10.2 Å². The number of amides is 4. The zero-order chi connectivity index (χ0) is 22.8. The van der Waals surface area contributed by atoms with E-state index in [1.165, 1.54) is 6.08 Å². The second-order valence-corrected chi connectivity index (χ2v) is 8.62. The van der Waals surface area contributed by atoms with Gasteiger partial charge in [0, 0.05) is 15.9 Å². The number of nitrogens with one attached hydrogen (secondary N) is 1. The molecular formula is C25H18BrClN2O3. The highest BCUT2D eigenvalue weighted by molar-refractivity contribution is 9.10. The maximum atomic E-state index is 13.1. The largest absolute Gasteiger partial charge is 0.335 e.